The Bertz CT molecular complexity index is 2180. The molecule has 0 spiro atoms. The van der Waals surface area contributed by atoms with Crippen molar-refractivity contribution >= 4 is 44.9 Å². The normalized spacial score (nSPS) is 33.8. The van der Waals surface area contributed by atoms with E-state index in [-0.39, 0.29) is 24.4 Å². The second-order valence-electron chi connectivity index (χ2n) is 19.3. The van der Waals surface area contributed by atoms with Gasteiger partial charge in [0.15, 0.2) is 0 Å². The Balaban J connectivity index is 1.15. The maximum atomic E-state index is 14.9. The quantitative estimate of drug-likeness (QED) is 0.351. The van der Waals surface area contributed by atoms with Crippen LogP contribution in [0.3, 0.4) is 0 Å². The Morgan fingerprint density at radius 1 is 1.03 bits per heavy atom. The van der Waals surface area contributed by atoms with E-state index in [2.05, 4.69) is 10.6 Å². The van der Waals surface area contributed by atoms with Crippen LogP contribution in [0.2, 0.25) is 0 Å². The first-order valence-corrected chi connectivity index (χ1v) is 22.7. The van der Waals surface area contributed by atoms with Crippen LogP contribution in [-0.2, 0) is 35.6 Å². The van der Waals surface area contributed by atoms with Crippen molar-refractivity contribution in [1.29, 1.82) is 0 Å². The van der Waals surface area contributed by atoms with Gasteiger partial charge in [-0.05, 0) is 93.6 Å². The highest BCUT2D eigenvalue weighted by Gasteiger charge is 2.68. The topological polar surface area (TPSA) is 195 Å². The number of nitrogens with one attached hydrogen (secondary N) is 3. The van der Waals surface area contributed by atoms with Crippen LogP contribution in [-0.4, -0.2) is 102 Å². The Hall–Kier alpha value is -4.35. The Kier molecular flexibility index (Phi) is 10.7. The number of aryl methyl sites for hydroxylation is 1. The number of carbonyl (C=O) groups is 4. The van der Waals surface area contributed by atoms with E-state index in [9.17, 15) is 36.4 Å². The number of sulfonamides is 1. The number of aromatic nitrogens is 2. The van der Waals surface area contributed by atoms with Gasteiger partial charge in [-0.25, -0.2) is 32.0 Å². The second kappa shape index (κ2) is 15.2. The lowest BCUT2D eigenvalue weighted by Gasteiger charge is -2.36. The number of carbonyl (C=O) groups excluding carboxylic acids is 4. The summed E-state index contributed by atoms with van der Waals surface area (Å²) in [6.07, 6.45) is 0.962. The number of hydrogen-bond donors (Lipinski definition) is 3. The Morgan fingerprint density at radius 2 is 1.78 bits per heavy atom. The number of alkyl carbamates (subject to hydrolysis) is 1. The highest BCUT2D eigenvalue weighted by atomic mass is 32.2. The molecule has 60 heavy (non-hydrogen) atoms. The van der Waals surface area contributed by atoms with Crippen LogP contribution < -0.4 is 24.8 Å². The molecule has 2 aromatic rings. The van der Waals surface area contributed by atoms with E-state index in [4.69, 9.17) is 24.2 Å². The molecular weight excluding hydrogens is 803 g/mol. The molecule has 18 heteroatoms. The zero-order valence-electron chi connectivity index (χ0n) is 35.0. The van der Waals surface area contributed by atoms with Crippen LogP contribution in [0.25, 0.3) is 11.0 Å². The third kappa shape index (κ3) is 7.85. The number of benzene rings is 1. The number of hydrogen-bond acceptors (Lipinski definition) is 11. The van der Waals surface area contributed by atoms with Crippen LogP contribution in [0.15, 0.2) is 18.2 Å². The Labute approximate surface area is 348 Å². The maximum Gasteiger partial charge on any atom is 0.408 e. The molecule has 1 aromatic heterocycles. The minimum atomic E-state index is -4.24. The number of fused-ring (bicyclic) bond motifs is 7. The van der Waals surface area contributed by atoms with Gasteiger partial charge in [0.1, 0.15) is 41.3 Å². The smallest absolute Gasteiger partial charge is 0.408 e. The van der Waals surface area contributed by atoms with Crippen LogP contribution in [0, 0.1) is 35.0 Å². The fourth-order valence-corrected chi connectivity index (χ4v) is 11.0. The predicted molar refractivity (Wildman–Crippen MR) is 213 cm³/mol. The molecule has 10 atom stereocenters. The van der Waals surface area contributed by atoms with Gasteiger partial charge in [0.25, 0.3) is 5.91 Å². The minimum absolute atomic E-state index is 0.184. The van der Waals surface area contributed by atoms with Crippen molar-refractivity contribution < 1.29 is 50.6 Å². The maximum absolute atomic E-state index is 14.9. The summed E-state index contributed by atoms with van der Waals surface area (Å²) in [5.74, 6) is -3.37. The van der Waals surface area contributed by atoms with Crippen molar-refractivity contribution in [2.75, 3.05) is 13.7 Å². The molecule has 6 aliphatic rings. The molecule has 15 nitrogen and oxygen atoms in total. The third-order valence-electron chi connectivity index (χ3n) is 14.0. The number of nitrogens with zero attached hydrogens (tertiary/aromatic N) is 3. The summed E-state index contributed by atoms with van der Waals surface area (Å²) < 4.78 is 73.8. The van der Waals surface area contributed by atoms with Gasteiger partial charge in [0.2, 0.25) is 34.1 Å². The zero-order chi connectivity index (χ0) is 43.1. The highest BCUT2D eigenvalue weighted by Crippen LogP contribution is 2.58. The minimum Gasteiger partial charge on any atom is -0.497 e. The molecule has 1 aromatic carbocycles. The number of alkyl halides is 2. The largest absolute Gasteiger partial charge is 0.497 e. The second-order valence-corrected chi connectivity index (χ2v) is 21.5. The summed E-state index contributed by atoms with van der Waals surface area (Å²) in [4.78, 5) is 68.0. The van der Waals surface area contributed by atoms with Crippen molar-refractivity contribution in [1.82, 2.24) is 30.2 Å². The van der Waals surface area contributed by atoms with Gasteiger partial charge in [0, 0.05) is 12.0 Å². The van der Waals surface area contributed by atoms with Crippen molar-refractivity contribution in [2.45, 2.75) is 140 Å². The molecular formula is C42H56F2N6O9S. The first-order valence-electron chi connectivity index (χ1n) is 21.2. The van der Waals surface area contributed by atoms with Crippen molar-refractivity contribution in [3.05, 3.63) is 23.9 Å². The Morgan fingerprint density at radius 3 is 2.45 bits per heavy atom. The molecule has 2 aliphatic heterocycles. The summed E-state index contributed by atoms with van der Waals surface area (Å²) in [6.45, 7) is 8.23. The average molecular weight is 859 g/mol. The van der Waals surface area contributed by atoms with Crippen LogP contribution in [0.4, 0.5) is 13.6 Å². The molecule has 5 fully saturated rings. The van der Waals surface area contributed by atoms with Gasteiger partial charge in [-0.15, -0.1) is 0 Å². The molecule has 328 valence electrons. The van der Waals surface area contributed by atoms with Crippen LogP contribution in [0.5, 0.6) is 11.6 Å². The first-order chi connectivity index (χ1) is 28.2. The third-order valence-corrected chi connectivity index (χ3v) is 16.2. The van der Waals surface area contributed by atoms with E-state index in [0.717, 1.165) is 38.5 Å². The molecule has 3 N–H and O–H groups in total. The van der Waals surface area contributed by atoms with Gasteiger partial charge in [-0.1, -0.05) is 40.5 Å². The van der Waals surface area contributed by atoms with Gasteiger partial charge in [-0.3, -0.25) is 19.1 Å². The van der Waals surface area contributed by atoms with Gasteiger partial charge >= 0.3 is 6.09 Å². The van der Waals surface area contributed by atoms with Gasteiger partial charge < -0.3 is 29.7 Å². The summed E-state index contributed by atoms with van der Waals surface area (Å²) in [5.41, 5.74) is -1.43. The number of ether oxygens (including phenoxy) is 3. The molecule has 0 unspecified atom stereocenters. The van der Waals surface area contributed by atoms with E-state index >= 15 is 0 Å². The summed E-state index contributed by atoms with van der Waals surface area (Å²) in [5, 5.41) is 5.31. The fourth-order valence-electron chi connectivity index (χ4n) is 9.73. The molecule has 0 radical (unpaired) electrons. The van der Waals surface area contributed by atoms with Crippen molar-refractivity contribution in [3.8, 4) is 11.6 Å². The molecule has 4 aliphatic carbocycles. The van der Waals surface area contributed by atoms with E-state index in [1.165, 1.54) is 18.9 Å². The molecule has 3 heterocycles. The summed E-state index contributed by atoms with van der Waals surface area (Å²) >= 11 is 0. The lowest BCUT2D eigenvalue weighted by Crippen LogP contribution is -2.61. The zero-order valence-corrected chi connectivity index (χ0v) is 35.8. The summed E-state index contributed by atoms with van der Waals surface area (Å²) in [7, 11) is -2.70. The predicted octanol–water partition coefficient (Wildman–Crippen LogP) is 4.65. The van der Waals surface area contributed by atoms with Gasteiger partial charge in [-0.2, -0.15) is 0 Å². The lowest BCUT2D eigenvalue weighted by molar-refractivity contribution is -0.143. The van der Waals surface area contributed by atoms with E-state index < -0.39 is 92.4 Å². The average Bonchev–Trinajstić information content (AvgIpc) is 4.13. The number of methoxy groups -OCH3 is 1. The van der Waals surface area contributed by atoms with Gasteiger partial charge in [0.05, 0.1) is 35.4 Å². The van der Waals surface area contributed by atoms with E-state index in [0.29, 0.717) is 53.6 Å². The fraction of sp³-hybridized carbons (Fsp3) is 0.714. The monoisotopic (exact) mass is 858 g/mol. The van der Waals surface area contributed by atoms with Crippen molar-refractivity contribution in [2.24, 2.45) is 35.0 Å². The summed E-state index contributed by atoms with van der Waals surface area (Å²) in [6, 6.07) is 2.72. The lowest BCUT2D eigenvalue weighted by atomic mass is 9.85. The van der Waals surface area contributed by atoms with E-state index in [1.54, 1.807) is 39.8 Å². The SMILES string of the molecule is COc1ccc2nc3c(nc2c1)O[C@H]1CN(C(=O)[C@H](C(C)(C)C)NC(=O)O[C@@H]2C[C@@H]4C[C@@H]4[C@H]2CCCCC3)[C@H](C(=O)N[C@]2(C(=O)NS(=O)(=O)C3(C)CC3)C[C@H]2C(F)F)[C@@H]1C. The van der Waals surface area contributed by atoms with Crippen molar-refractivity contribution in [3.63, 3.8) is 0 Å². The number of amides is 4. The molecule has 1 saturated heterocycles. The number of rotatable bonds is 7. The molecule has 2 bridgehead atoms. The van der Waals surface area contributed by atoms with E-state index in [1.807, 2.05) is 10.8 Å². The highest BCUT2D eigenvalue weighted by molar-refractivity contribution is 7.91. The van der Waals surface area contributed by atoms with Crippen LogP contribution in [0.1, 0.15) is 98.1 Å². The standard InChI is InChI=1S/C42H56F2N6O9S/c1-21-31-20-50(32(21)35(51)48-42(19-26(42)34(43)44)38(53)49-60(55,56)41(5)14-15-41)37(52)33(40(2,3)4)47-39(54)59-30-17-22-16-25(22)24(30)10-8-7-9-11-28-36(58-31)46-29-18-23(57-6)12-13-27(29)45-28/h12-13,18,21-22,24-26,30-34H,7-11,14-17,19-20H2,1-6H3,(H,47,54)(H,48,51)(H,49,53)/t21-,22+,24-,25+,26+,30-,31+,32+,33-,42-/m1/s1. The molecule has 4 amide bonds. The molecule has 8 rings (SSSR count). The first kappa shape index (κ1) is 42.3. The molecule has 4 saturated carbocycles. The number of halogens is 2. The van der Waals surface area contributed by atoms with Crippen LogP contribution >= 0.6 is 0 Å².